The molecule has 0 aliphatic carbocycles. The lowest BCUT2D eigenvalue weighted by Gasteiger charge is -1.71. The molecule has 1 rings (SSSR count). The van der Waals surface area contributed by atoms with Crippen molar-refractivity contribution in [3.63, 3.8) is 0 Å². The lowest BCUT2D eigenvalue weighted by molar-refractivity contribution is 0.112. The van der Waals surface area contributed by atoms with E-state index in [9.17, 15) is 4.79 Å². The molecular weight excluding hydrogens is 168 g/mol. The summed E-state index contributed by atoms with van der Waals surface area (Å²) in [7, 11) is 0. The van der Waals surface area contributed by atoms with Crippen LogP contribution in [0.1, 0.15) is 42.2 Å². The SMILES string of the molecule is CC.CC.Cc1ccc(C=O)s1. The van der Waals surface area contributed by atoms with E-state index in [4.69, 9.17) is 0 Å². The summed E-state index contributed by atoms with van der Waals surface area (Å²) in [5, 5.41) is 0. The number of aldehydes is 1. The maximum absolute atomic E-state index is 10.0. The molecule has 0 unspecified atom stereocenters. The van der Waals surface area contributed by atoms with Gasteiger partial charge in [-0.1, -0.05) is 27.7 Å². The predicted molar refractivity (Wildman–Crippen MR) is 57.1 cm³/mol. The van der Waals surface area contributed by atoms with E-state index < -0.39 is 0 Å². The predicted octanol–water partition coefficient (Wildman–Crippen LogP) is 3.92. The van der Waals surface area contributed by atoms with Crippen molar-refractivity contribution in [2.75, 3.05) is 0 Å². The van der Waals surface area contributed by atoms with Crippen molar-refractivity contribution in [3.05, 3.63) is 21.9 Å². The van der Waals surface area contributed by atoms with Gasteiger partial charge in [-0.2, -0.15) is 0 Å². The van der Waals surface area contributed by atoms with Gasteiger partial charge in [0.2, 0.25) is 0 Å². The number of hydrogen-bond donors (Lipinski definition) is 0. The van der Waals surface area contributed by atoms with E-state index in [1.165, 1.54) is 16.2 Å². The average molecular weight is 186 g/mol. The largest absolute Gasteiger partial charge is 0.297 e. The maximum Gasteiger partial charge on any atom is 0.160 e. The number of carbonyl (C=O) groups is 1. The van der Waals surface area contributed by atoms with Crippen molar-refractivity contribution in [1.82, 2.24) is 0 Å². The monoisotopic (exact) mass is 186 g/mol. The van der Waals surface area contributed by atoms with Crippen LogP contribution in [0.5, 0.6) is 0 Å². The molecule has 1 heterocycles. The molecule has 0 amide bonds. The second kappa shape index (κ2) is 10.4. The van der Waals surface area contributed by atoms with Gasteiger partial charge in [-0.05, 0) is 19.1 Å². The number of thiophene rings is 1. The molecule has 1 aromatic rings. The Labute approximate surface area is 79.4 Å². The molecule has 0 radical (unpaired) electrons. The van der Waals surface area contributed by atoms with Crippen molar-refractivity contribution >= 4 is 17.6 Å². The zero-order valence-electron chi connectivity index (χ0n) is 8.55. The van der Waals surface area contributed by atoms with E-state index in [-0.39, 0.29) is 0 Å². The quantitative estimate of drug-likeness (QED) is 0.607. The van der Waals surface area contributed by atoms with Crippen LogP contribution in [0.2, 0.25) is 0 Å². The summed E-state index contributed by atoms with van der Waals surface area (Å²) in [5.41, 5.74) is 0. The highest BCUT2D eigenvalue weighted by molar-refractivity contribution is 7.13. The Bertz CT molecular complexity index is 191. The van der Waals surface area contributed by atoms with Crippen LogP contribution >= 0.6 is 11.3 Å². The van der Waals surface area contributed by atoms with E-state index in [0.29, 0.717) is 0 Å². The number of aryl methyl sites for hydroxylation is 1. The van der Waals surface area contributed by atoms with Gasteiger partial charge in [-0.3, -0.25) is 4.79 Å². The first-order chi connectivity index (χ1) is 5.83. The summed E-state index contributed by atoms with van der Waals surface area (Å²) in [6.45, 7) is 9.98. The minimum atomic E-state index is 0.808. The van der Waals surface area contributed by atoms with Crippen LogP contribution < -0.4 is 0 Å². The molecule has 0 fully saturated rings. The summed E-state index contributed by atoms with van der Waals surface area (Å²) >= 11 is 1.52. The summed E-state index contributed by atoms with van der Waals surface area (Å²) in [5.74, 6) is 0. The molecule has 0 spiro atoms. The molecule has 0 aliphatic heterocycles. The fourth-order valence-electron chi connectivity index (χ4n) is 0.517. The molecule has 0 saturated carbocycles. The topological polar surface area (TPSA) is 17.1 Å². The van der Waals surface area contributed by atoms with Crippen LogP contribution in [-0.2, 0) is 0 Å². The van der Waals surface area contributed by atoms with Crippen LogP contribution in [-0.4, -0.2) is 6.29 Å². The fraction of sp³-hybridized carbons (Fsp3) is 0.500. The number of hydrogen-bond acceptors (Lipinski definition) is 2. The Balaban J connectivity index is 0. The van der Waals surface area contributed by atoms with Gasteiger partial charge in [-0.15, -0.1) is 11.3 Å². The van der Waals surface area contributed by atoms with Crippen molar-refractivity contribution < 1.29 is 4.79 Å². The molecular formula is C10H18OS. The number of carbonyl (C=O) groups excluding carboxylic acids is 1. The van der Waals surface area contributed by atoms with Crippen LogP contribution in [0.4, 0.5) is 0 Å². The molecule has 1 nitrogen and oxygen atoms in total. The molecule has 0 saturated heterocycles. The van der Waals surface area contributed by atoms with Gasteiger partial charge in [0.1, 0.15) is 0 Å². The average Bonchev–Trinajstić information content (AvgIpc) is 2.58. The lowest BCUT2D eigenvalue weighted by Crippen LogP contribution is -1.61. The molecule has 0 aliphatic rings. The minimum absolute atomic E-state index is 0.808. The third-order valence-corrected chi connectivity index (χ3v) is 1.80. The highest BCUT2D eigenvalue weighted by Gasteiger charge is 1.90. The smallest absolute Gasteiger partial charge is 0.160 e. The molecule has 12 heavy (non-hydrogen) atoms. The van der Waals surface area contributed by atoms with Gasteiger partial charge in [0.25, 0.3) is 0 Å². The van der Waals surface area contributed by atoms with Gasteiger partial charge >= 0.3 is 0 Å². The van der Waals surface area contributed by atoms with Crippen LogP contribution in [0, 0.1) is 6.92 Å². The summed E-state index contributed by atoms with van der Waals surface area (Å²) < 4.78 is 0. The van der Waals surface area contributed by atoms with E-state index in [2.05, 4.69) is 0 Å². The standard InChI is InChI=1S/C6H6OS.2C2H6/c1-5-2-3-6(4-7)8-5;2*1-2/h2-4H,1H3;2*1-2H3. The highest BCUT2D eigenvalue weighted by Crippen LogP contribution is 2.11. The van der Waals surface area contributed by atoms with Gasteiger partial charge < -0.3 is 0 Å². The van der Waals surface area contributed by atoms with Crippen molar-refractivity contribution in [2.24, 2.45) is 0 Å². The number of rotatable bonds is 1. The Morgan fingerprint density at radius 3 is 1.83 bits per heavy atom. The summed E-state index contributed by atoms with van der Waals surface area (Å²) in [6, 6.07) is 3.77. The zero-order chi connectivity index (χ0) is 9.98. The normalized spacial score (nSPS) is 7.08. The highest BCUT2D eigenvalue weighted by atomic mass is 32.1. The van der Waals surface area contributed by atoms with Gasteiger partial charge in [0.05, 0.1) is 4.88 Å². The summed E-state index contributed by atoms with van der Waals surface area (Å²) in [6.07, 6.45) is 0.873. The Morgan fingerprint density at radius 1 is 1.17 bits per heavy atom. The van der Waals surface area contributed by atoms with Crippen LogP contribution in [0.3, 0.4) is 0 Å². The van der Waals surface area contributed by atoms with Crippen LogP contribution in [0.25, 0.3) is 0 Å². The third-order valence-electron chi connectivity index (χ3n) is 0.877. The molecule has 0 atom stereocenters. The van der Waals surface area contributed by atoms with Gasteiger partial charge in [0.15, 0.2) is 6.29 Å². The third kappa shape index (κ3) is 6.10. The molecule has 0 N–H and O–H groups in total. The van der Waals surface area contributed by atoms with E-state index in [0.717, 1.165) is 11.2 Å². The molecule has 70 valence electrons. The second-order valence-electron chi connectivity index (χ2n) is 1.57. The Kier molecular flexibility index (Phi) is 12.0. The molecule has 0 bridgehead atoms. The zero-order valence-corrected chi connectivity index (χ0v) is 9.37. The minimum Gasteiger partial charge on any atom is -0.297 e. The molecule has 1 aromatic heterocycles. The fourth-order valence-corrected chi connectivity index (χ4v) is 1.21. The van der Waals surface area contributed by atoms with Crippen molar-refractivity contribution in [2.45, 2.75) is 34.6 Å². The van der Waals surface area contributed by atoms with Gasteiger partial charge in [0, 0.05) is 4.88 Å². The lowest BCUT2D eigenvalue weighted by atomic mass is 10.5. The Hall–Kier alpha value is -0.630. The van der Waals surface area contributed by atoms with E-state index >= 15 is 0 Å². The first kappa shape index (κ1) is 13.9. The Morgan fingerprint density at radius 2 is 1.67 bits per heavy atom. The van der Waals surface area contributed by atoms with E-state index in [1.807, 2.05) is 46.8 Å². The van der Waals surface area contributed by atoms with E-state index in [1.54, 1.807) is 0 Å². The summed E-state index contributed by atoms with van der Waals surface area (Å²) in [4.78, 5) is 12.0. The van der Waals surface area contributed by atoms with Crippen molar-refractivity contribution in [1.29, 1.82) is 0 Å². The first-order valence-electron chi connectivity index (χ1n) is 4.34. The molecule has 2 heteroatoms. The second-order valence-corrected chi connectivity index (χ2v) is 2.89. The van der Waals surface area contributed by atoms with Gasteiger partial charge in [-0.25, -0.2) is 0 Å². The first-order valence-corrected chi connectivity index (χ1v) is 5.16. The molecule has 0 aromatic carbocycles. The van der Waals surface area contributed by atoms with Crippen LogP contribution in [0.15, 0.2) is 12.1 Å². The van der Waals surface area contributed by atoms with Crippen molar-refractivity contribution in [3.8, 4) is 0 Å². The maximum atomic E-state index is 10.0.